The Kier molecular flexibility index (Phi) is 5.05. The number of carbonyl (C=O) groups excluding carboxylic acids is 1. The molecule has 0 aliphatic carbocycles. The van der Waals surface area contributed by atoms with E-state index in [1.54, 1.807) is 17.0 Å². The van der Waals surface area contributed by atoms with Crippen molar-refractivity contribution in [3.05, 3.63) is 23.8 Å². The molecule has 2 amide bonds. The van der Waals surface area contributed by atoms with Gasteiger partial charge in [0.15, 0.2) is 0 Å². The number of morpholine rings is 1. The number of nitrogens with two attached hydrogens (primary N) is 1. The molecule has 2 rings (SSSR count). The van der Waals surface area contributed by atoms with Crippen molar-refractivity contribution in [3.63, 3.8) is 0 Å². The molecule has 1 heterocycles. The van der Waals surface area contributed by atoms with E-state index in [9.17, 15) is 13.2 Å². The summed E-state index contributed by atoms with van der Waals surface area (Å²) < 4.78 is 28.7. The molecule has 3 N–H and O–H groups in total. The summed E-state index contributed by atoms with van der Waals surface area (Å²) in [5.74, 6) is 0. The number of amides is 2. The molecule has 0 spiro atoms. The number of aryl methyl sites for hydroxylation is 1. The van der Waals surface area contributed by atoms with Crippen molar-refractivity contribution in [1.82, 2.24) is 4.90 Å². The van der Waals surface area contributed by atoms with Crippen molar-refractivity contribution in [2.24, 2.45) is 5.14 Å². The highest BCUT2D eigenvalue weighted by atomic mass is 32.2. The van der Waals surface area contributed by atoms with E-state index in [1.165, 1.54) is 6.07 Å². The Morgan fingerprint density at radius 2 is 2.23 bits per heavy atom. The molecule has 1 aliphatic heterocycles. The molecule has 122 valence electrons. The fraction of sp³-hybridized carbons (Fsp3) is 0.500. The lowest BCUT2D eigenvalue weighted by atomic mass is 10.1. The summed E-state index contributed by atoms with van der Waals surface area (Å²) in [5.41, 5.74) is 1.03. The SMILES string of the molecule is CCc1ccc(NC(=O)N2CCOC(C)C2)cc1S(N)(=O)=O. The summed E-state index contributed by atoms with van der Waals surface area (Å²) in [6, 6.07) is 4.46. The van der Waals surface area contributed by atoms with Gasteiger partial charge in [-0.2, -0.15) is 0 Å². The maximum absolute atomic E-state index is 12.2. The van der Waals surface area contributed by atoms with Crippen LogP contribution in [0.2, 0.25) is 0 Å². The topological polar surface area (TPSA) is 102 Å². The first kappa shape index (κ1) is 16.7. The summed E-state index contributed by atoms with van der Waals surface area (Å²) in [6.45, 7) is 5.24. The number of hydrogen-bond donors (Lipinski definition) is 2. The zero-order valence-corrected chi connectivity index (χ0v) is 13.5. The Morgan fingerprint density at radius 3 is 2.82 bits per heavy atom. The van der Waals surface area contributed by atoms with Crippen molar-refractivity contribution in [1.29, 1.82) is 0 Å². The number of nitrogens with one attached hydrogen (secondary N) is 1. The van der Waals surface area contributed by atoms with Crippen molar-refractivity contribution >= 4 is 21.7 Å². The molecule has 0 saturated carbocycles. The van der Waals surface area contributed by atoms with Gasteiger partial charge in [-0.25, -0.2) is 18.4 Å². The first-order valence-electron chi connectivity index (χ1n) is 7.14. The van der Waals surface area contributed by atoms with Gasteiger partial charge in [0, 0.05) is 18.8 Å². The number of hydrogen-bond acceptors (Lipinski definition) is 4. The predicted molar refractivity (Wildman–Crippen MR) is 83.2 cm³/mol. The average molecular weight is 327 g/mol. The van der Waals surface area contributed by atoms with Crippen molar-refractivity contribution in [2.45, 2.75) is 31.3 Å². The van der Waals surface area contributed by atoms with Gasteiger partial charge in [-0.1, -0.05) is 13.0 Å². The molecule has 1 unspecified atom stereocenters. The van der Waals surface area contributed by atoms with Crippen LogP contribution in [0.3, 0.4) is 0 Å². The second kappa shape index (κ2) is 6.64. The van der Waals surface area contributed by atoms with E-state index < -0.39 is 10.0 Å². The van der Waals surface area contributed by atoms with Crippen molar-refractivity contribution in [3.8, 4) is 0 Å². The fourth-order valence-corrected chi connectivity index (χ4v) is 3.26. The summed E-state index contributed by atoms with van der Waals surface area (Å²) in [4.78, 5) is 13.9. The quantitative estimate of drug-likeness (QED) is 0.869. The van der Waals surface area contributed by atoms with Crippen LogP contribution < -0.4 is 10.5 Å². The van der Waals surface area contributed by atoms with E-state index >= 15 is 0 Å². The molecule has 0 radical (unpaired) electrons. The summed E-state index contributed by atoms with van der Waals surface area (Å²) in [7, 11) is -3.82. The molecular weight excluding hydrogens is 306 g/mol. The first-order chi connectivity index (χ1) is 10.3. The van der Waals surface area contributed by atoms with Crippen LogP contribution in [-0.4, -0.2) is 45.1 Å². The molecule has 1 fully saturated rings. The highest BCUT2D eigenvalue weighted by molar-refractivity contribution is 7.89. The molecule has 1 aromatic carbocycles. The fourth-order valence-electron chi connectivity index (χ4n) is 2.39. The van der Waals surface area contributed by atoms with Crippen LogP contribution in [0, 0.1) is 0 Å². The van der Waals surface area contributed by atoms with Gasteiger partial charge in [0.2, 0.25) is 10.0 Å². The number of rotatable bonds is 3. The number of ether oxygens (including phenoxy) is 1. The lowest BCUT2D eigenvalue weighted by Crippen LogP contribution is -2.46. The van der Waals surface area contributed by atoms with Gasteiger partial charge in [-0.3, -0.25) is 0 Å². The maximum atomic E-state index is 12.2. The molecule has 1 aliphatic rings. The third-order valence-electron chi connectivity index (χ3n) is 3.53. The highest BCUT2D eigenvalue weighted by Gasteiger charge is 2.22. The van der Waals surface area contributed by atoms with E-state index in [2.05, 4.69) is 5.32 Å². The number of sulfonamides is 1. The minimum absolute atomic E-state index is 0.0121. The zero-order chi connectivity index (χ0) is 16.3. The molecule has 1 atom stereocenters. The van der Waals surface area contributed by atoms with Gasteiger partial charge >= 0.3 is 6.03 Å². The van der Waals surface area contributed by atoms with Gasteiger partial charge in [-0.15, -0.1) is 0 Å². The van der Waals surface area contributed by atoms with E-state index in [0.717, 1.165) is 0 Å². The van der Waals surface area contributed by atoms with Crippen LogP contribution in [0.15, 0.2) is 23.1 Å². The van der Waals surface area contributed by atoms with Gasteiger partial charge in [0.25, 0.3) is 0 Å². The van der Waals surface area contributed by atoms with E-state index in [1.807, 2.05) is 13.8 Å². The normalized spacial score (nSPS) is 19.0. The Balaban J connectivity index is 2.18. The van der Waals surface area contributed by atoms with Crippen LogP contribution in [0.5, 0.6) is 0 Å². The van der Waals surface area contributed by atoms with Gasteiger partial charge in [-0.05, 0) is 31.0 Å². The lowest BCUT2D eigenvalue weighted by molar-refractivity contribution is -0.00138. The van der Waals surface area contributed by atoms with Crippen LogP contribution in [0.25, 0.3) is 0 Å². The van der Waals surface area contributed by atoms with Crippen molar-refractivity contribution in [2.75, 3.05) is 25.0 Å². The molecule has 0 bridgehead atoms. The summed E-state index contributed by atoms with van der Waals surface area (Å²) in [5, 5.41) is 7.93. The second-order valence-electron chi connectivity index (χ2n) is 5.28. The van der Waals surface area contributed by atoms with Crippen molar-refractivity contribution < 1.29 is 17.9 Å². The zero-order valence-electron chi connectivity index (χ0n) is 12.7. The lowest BCUT2D eigenvalue weighted by Gasteiger charge is -2.31. The Labute approximate surface area is 130 Å². The minimum Gasteiger partial charge on any atom is -0.375 e. The highest BCUT2D eigenvalue weighted by Crippen LogP contribution is 2.21. The Morgan fingerprint density at radius 1 is 1.50 bits per heavy atom. The molecule has 22 heavy (non-hydrogen) atoms. The van der Waals surface area contributed by atoms with Crippen LogP contribution >= 0.6 is 0 Å². The van der Waals surface area contributed by atoms with E-state index in [0.29, 0.717) is 37.4 Å². The number of carbonyl (C=O) groups is 1. The number of anilines is 1. The molecule has 7 nitrogen and oxygen atoms in total. The number of primary sulfonamides is 1. The monoisotopic (exact) mass is 327 g/mol. The van der Waals surface area contributed by atoms with E-state index in [-0.39, 0.29) is 17.0 Å². The molecule has 8 heteroatoms. The number of nitrogens with zero attached hydrogens (tertiary/aromatic N) is 1. The van der Waals surface area contributed by atoms with Crippen LogP contribution in [-0.2, 0) is 21.2 Å². The molecule has 0 aromatic heterocycles. The third-order valence-corrected chi connectivity index (χ3v) is 4.53. The molecule has 1 aromatic rings. The number of benzene rings is 1. The number of urea groups is 1. The van der Waals surface area contributed by atoms with Gasteiger partial charge in [0.05, 0.1) is 17.6 Å². The van der Waals surface area contributed by atoms with E-state index in [4.69, 9.17) is 9.88 Å². The smallest absolute Gasteiger partial charge is 0.322 e. The van der Waals surface area contributed by atoms with Crippen LogP contribution in [0.1, 0.15) is 19.4 Å². The standard InChI is InChI=1S/C14H21N3O4S/c1-3-11-4-5-12(8-13(11)22(15,19)20)16-14(18)17-6-7-21-10(2)9-17/h4-5,8,10H,3,6-7,9H2,1-2H3,(H,16,18)(H2,15,19,20). The van der Waals surface area contributed by atoms with Gasteiger partial charge in [0.1, 0.15) is 0 Å². The molecule has 1 saturated heterocycles. The summed E-state index contributed by atoms with van der Waals surface area (Å²) >= 11 is 0. The predicted octanol–water partition coefficient (Wildman–Crippen LogP) is 1.15. The maximum Gasteiger partial charge on any atom is 0.322 e. The first-order valence-corrected chi connectivity index (χ1v) is 8.69. The Bertz CT molecular complexity index is 660. The second-order valence-corrected chi connectivity index (χ2v) is 6.81. The van der Waals surface area contributed by atoms with Crippen LogP contribution in [0.4, 0.5) is 10.5 Å². The largest absolute Gasteiger partial charge is 0.375 e. The average Bonchev–Trinajstić information content (AvgIpc) is 2.46. The van der Waals surface area contributed by atoms with Gasteiger partial charge < -0.3 is 15.0 Å². The third kappa shape index (κ3) is 3.96. The minimum atomic E-state index is -3.82. The Hall–Kier alpha value is -1.64. The molecular formula is C14H21N3O4S. The summed E-state index contributed by atoms with van der Waals surface area (Å²) in [6.07, 6.45) is 0.531.